The average molecular weight is 499 g/mol. The van der Waals surface area contributed by atoms with Crippen molar-refractivity contribution in [1.29, 1.82) is 0 Å². The van der Waals surface area contributed by atoms with Crippen LogP contribution in [0.4, 0.5) is 5.82 Å². The molecule has 0 amide bonds. The molecule has 3 atom stereocenters. The van der Waals surface area contributed by atoms with Crippen molar-refractivity contribution in [3.8, 4) is 0 Å². The highest BCUT2D eigenvalue weighted by atomic mass is 31.2. The first-order valence-corrected chi connectivity index (χ1v) is 13.7. The second-order valence-electron chi connectivity index (χ2n) is 7.66. The number of benzene rings is 1. The van der Waals surface area contributed by atoms with Crippen molar-refractivity contribution in [2.75, 3.05) is 24.9 Å². The highest BCUT2D eigenvalue weighted by Crippen LogP contribution is 2.55. The number of fused-ring (bicyclic) bond motifs is 1. The Morgan fingerprint density at radius 2 is 1.88 bits per heavy atom. The standard InChI is InChI=1S/C20H27N3O8P2/c1-14(8-16(29-2)10-31-33(27,28)13-32(24,25)26)17-11-30-19-18(17)22-12-23-20(19)21-9-15-6-4-3-5-7-15/h3-7,11-12,14,16H,8-10,13H2,1-2H3,(H,27,28)(H,21,22,23)(H2,24,25,26)/t14?,16-/m0/s1. The minimum Gasteiger partial charge on any atom is -0.458 e. The average Bonchev–Trinajstić information content (AvgIpc) is 3.19. The lowest BCUT2D eigenvalue weighted by molar-refractivity contribution is 0.0444. The molecular weight excluding hydrogens is 472 g/mol. The van der Waals surface area contributed by atoms with Crippen LogP contribution in [0.2, 0.25) is 0 Å². The van der Waals surface area contributed by atoms with E-state index in [1.165, 1.54) is 13.4 Å². The van der Waals surface area contributed by atoms with E-state index in [4.69, 9.17) is 23.5 Å². The molecule has 4 N–H and O–H groups in total. The molecule has 0 aliphatic rings. The maximum absolute atomic E-state index is 11.9. The summed E-state index contributed by atoms with van der Waals surface area (Å²) in [7, 11) is -7.72. The van der Waals surface area contributed by atoms with Gasteiger partial charge in [-0.3, -0.25) is 9.13 Å². The van der Waals surface area contributed by atoms with Gasteiger partial charge in [0, 0.05) is 19.2 Å². The lowest BCUT2D eigenvalue weighted by atomic mass is 9.96. The molecule has 2 heterocycles. The lowest BCUT2D eigenvalue weighted by Crippen LogP contribution is -2.20. The SMILES string of the molecule is CO[C@H](COP(=O)(O)CP(=O)(O)O)CC(C)c1coc2c(NCc3ccccc3)ncnc12. The van der Waals surface area contributed by atoms with Crippen molar-refractivity contribution < 1.29 is 37.5 Å². The van der Waals surface area contributed by atoms with Crippen molar-refractivity contribution >= 4 is 32.1 Å². The van der Waals surface area contributed by atoms with Crippen LogP contribution in [0.5, 0.6) is 0 Å². The van der Waals surface area contributed by atoms with Gasteiger partial charge >= 0.3 is 15.2 Å². The van der Waals surface area contributed by atoms with Gasteiger partial charge in [-0.1, -0.05) is 37.3 Å². The molecule has 11 nitrogen and oxygen atoms in total. The Labute approximate surface area is 190 Å². The predicted octanol–water partition coefficient (Wildman–Crippen LogP) is 3.68. The van der Waals surface area contributed by atoms with Gasteiger partial charge in [0.1, 0.15) is 11.8 Å². The van der Waals surface area contributed by atoms with Gasteiger partial charge in [0.05, 0.1) is 19.0 Å². The molecule has 0 radical (unpaired) electrons. The van der Waals surface area contributed by atoms with Crippen LogP contribution >= 0.6 is 15.2 Å². The molecule has 2 aromatic heterocycles. The predicted molar refractivity (Wildman–Crippen MR) is 122 cm³/mol. The number of ether oxygens (including phenoxy) is 1. The first kappa shape index (κ1) is 25.5. The van der Waals surface area contributed by atoms with Gasteiger partial charge in [-0.15, -0.1) is 0 Å². The molecular formula is C20H27N3O8P2. The van der Waals surface area contributed by atoms with Gasteiger partial charge in [0.15, 0.2) is 17.3 Å². The highest BCUT2D eigenvalue weighted by molar-refractivity contribution is 7.70. The van der Waals surface area contributed by atoms with E-state index < -0.39 is 27.2 Å². The number of anilines is 1. The Balaban J connectivity index is 1.67. The summed E-state index contributed by atoms with van der Waals surface area (Å²) in [4.78, 5) is 36.1. The summed E-state index contributed by atoms with van der Waals surface area (Å²) >= 11 is 0. The Morgan fingerprint density at radius 3 is 2.55 bits per heavy atom. The number of nitrogens with one attached hydrogen (secondary N) is 1. The molecule has 0 aliphatic heterocycles. The van der Waals surface area contributed by atoms with E-state index in [1.54, 1.807) is 6.26 Å². The highest BCUT2D eigenvalue weighted by Gasteiger charge is 2.32. The molecule has 1 aromatic carbocycles. The molecule has 3 aromatic rings. The minimum atomic E-state index is -4.69. The fourth-order valence-electron chi connectivity index (χ4n) is 3.35. The van der Waals surface area contributed by atoms with Crippen LogP contribution in [-0.2, 0) is 24.9 Å². The molecule has 0 aliphatic carbocycles. The number of methoxy groups -OCH3 is 1. The largest absolute Gasteiger partial charge is 0.458 e. The summed E-state index contributed by atoms with van der Waals surface area (Å²) in [5.74, 6) is -0.808. The second kappa shape index (κ2) is 10.9. The van der Waals surface area contributed by atoms with Crippen molar-refractivity contribution in [2.45, 2.75) is 31.9 Å². The number of hydrogen-bond donors (Lipinski definition) is 4. The molecule has 180 valence electrons. The van der Waals surface area contributed by atoms with Crippen LogP contribution < -0.4 is 5.32 Å². The van der Waals surface area contributed by atoms with Gasteiger partial charge in [0.25, 0.3) is 0 Å². The maximum atomic E-state index is 11.9. The van der Waals surface area contributed by atoms with Crippen molar-refractivity contribution in [2.24, 2.45) is 0 Å². The molecule has 0 saturated heterocycles. The van der Waals surface area contributed by atoms with Crippen LogP contribution in [0.1, 0.15) is 30.4 Å². The Kier molecular flexibility index (Phi) is 8.42. The number of nitrogens with zero attached hydrogens (tertiary/aromatic N) is 2. The van der Waals surface area contributed by atoms with Crippen molar-refractivity contribution in [1.82, 2.24) is 9.97 Å². The fraction of sp³-hybridized carbons (Fsp3) is 0.400. The van der Waals surface area contributed by atoms with E-state index >= 15 is 0 Å². The Morgan fingerprint density at radius 1 is 1.15 bits per heavy atom. The van der Waals surface area contributed by atoms with E-state index in [9.17, 15) is 14.0 Å². The van der Waals surface area contributed by atoms with E-state index in [2.05, 4.69) is 15.3 Å². The number of furan rings is 1. The third-order valence-electron chi connectivity index (χ3n) is 4.99. The first-order chi connectivity index (χ1) is 15.6. The van der Waals surface area contributed by atoms with Gasteiger partial charge in [-0.25, -0.2) is 9.97 Å². The molecule has 0 saturated carbocycles. The van der Waals surface area contributed by atoms with Gasteiger partial charge in [-0.2, -0.15) is 0 Å². The van der Waals surface area contributed by atoms with Crippen LogP contribution in [0.3, 0.4) is 0 Å². The monoisotopic (exact) mass is 499 g/mol. The minimum absolute atomic E-state index is 0.128. The molecule has 0 spiro atoms. The van der Waals surface area contributed by atoms with Crippen molar-refractivity contribution in [3.05, 3.63) is 54.0 Å². The third kappa shape index (κ3) is 7.45. The summed E-state index contributed by atoms with van der Waals surface area (Å²) in [6, 6.07) is 9.86. The number of hydrogen-bond acceptors (Lipinski definition) is 8. The summed E-state index contributed by atoms with van der Waals surface area (Å²) in [6.45, 7) is 2.18. The van der Waals surface area contributed by atoms with E-state index in [0.717, 1.165) is 11.1 Å². The molecule has 13 heteroatoms. The van der Waals surface area contributed by atoms with Gasteiger partial charge < -0.3 is 33.7 Å². The zero-order chi connectivity index (χ0) is 24.1. The van der Waals surface area contributed by atoms with Gasteiger partial charge in [-0.05, 0) is 17.9 Å². The summed E-state index contributed by atoms with van der Waals surface area (Å²) < 4.78 is 38.9. The van der Waals surface area contributed by atoms with E-state index in [-0.39, 0.29) is 12.5 Å². The number of aromatic nitrogens is 2. The first-order valence-electron chi connectivity index (χ1n) is 10.1. The smallest absolute Gasteiger partial charge is 0.340 e. The lowest BCUT2D eigenvalue weighted by Gasteiger charge is -2.21. The zero-order valence-corrected chi connectivity index (χ0v) is 20.0. The summed E-state index contributed by atoms with van der Waals surface area (Å²) in [6.07, 6.45) is 2.83. The summed E-state index contributed by atoms with van der Waals surface area (Å²) in [5, 5.41) is 3.25. The molecule has 0 fully saturated rings. The third-order valence-corrected chi connectivity index (χ3v) is 8.45. The van der Waals surface area contributed by atoms with Crippen LogP contribution in [-0.4, -0.2) is 50.4 Å². The van der Waals surface area contributed by atoms with E-state index in [1.807, 2.05) is 37.3 Å². The fourth-order valence-corrected chi connectivity index (χ4v) is 5.94. The topological polar surface area (TPSA) is 164 Å². The Bertz CT molecular complexity index is 1150. The maximum Gasteiger partial charge on any atom is 0.340 e. The zero-order valence-electron chi connectivity index (χ0n) is 18.2. The van der Waals surface area contributed by atoms with Crippen LogP contribution in [0.15, 0.2) is 47.3 Å². The van der Waals surface area contributed by atoms with E-state index in [0.29, 0.717) is 29.9 Å². The van der Waals surface area contributed by atoms with Crippen molar-refractivity contribution in [3.63, 3.8) is 0 Å². The Hall–Kier alpha value is -2.10. The number of rotatable bonds is 12. The quantitative estimate of drug-likeness (QED) is 0.269. The normalized spacial score (nSPS) is 15.8. The summed E-state index contributed by atoms with van der Waals surface area (Å²) in [5.41, 5.74) is 3.05. The molecule has 33 heavy (non-hydrogen) atoms. The molecule has 3 rings (SSSR count). The van der Waals surface area contributed by atoms with Crippen LogP contribution in [0.25, 0.3) is 11.1 Å². The van der Waals surface area contributed by atoms with Crippen LogP contribution in [0, 0.1) is 0 Å². The molecule has 0 bridgehead atoms. The molecule has 2 unspecified atom stereocenters. The van der Waals surface area contributed by atoms with Gasteiger partial charge in [0.2, 0.25) is 0 Å². The second-order valence-corrected chi connectivity index (χ2v) is 11.7.